The Morgan fingerprint density at radius 2 is 1.64 bits per heavy atom. The van der Waals surface area contributed by atoms with Crippen LogP contribution in [-0.4, -0.2) is 9.97 Å². The maximum absolute atomic E-state index is 8.92. The van der Waals surface area contributed by atoms with Crippen molar-refractivity contribution < 1.29 is 4.74 Å². The molecule has 0 bridgehead atoms. The van der Waals surface area contributed by atoms with Crippen molar-refractivity contribution in [2.75, 3.05) is 5.32 Å². The Kier molecular flexibility index (Phi) is 5.34. The molecule has 124 valence electrons. The SMILES string of the molecule is N#Cc1c(Cl)nc(NCc2cccc(Oc3ccccc3)c2)nc1Cl. The van der Waals surface area contributed by atoms with Gasteiger partial charge < -0.3 is 10.1 Å². The van der Waals surface area contributed by atoms with E-state index in [2.05, 4.69) is 15.3 Å². The van der Waals surface area contributed by atoms with E-state index in [1.807, 2.05) is 60.7 Å². The lowest BCUT2D eigenvalue weighted by atomic mass is 10.2. The Morgan fingerprint density at radius 1 is 0.960 bits per heavy atom. The molecule has 0 fully saturated rings. The quantitative estimate of drug-likeness (QED) is 0.635. The summed E-state index contributed by atoms with van der Waals surface area (Å²) in [6, 6.07) is 19.0. The van der Waals surface area contributed by atoms with Crippen molar-refractivity contribution in [3.8, 4) is 17.6 Å². The maximum Gasteiger partial charge on any atom is 0.225 e. The number of hydrogen-bond donors (Lipinski definition) is 1. The Bertz CT molecular complexity index is 903. The molecule has 0 unspecified atom stereocenters. The number of benzene rings is 2. The Hall–Kier alpha value is -2.81. The number of nitriles is 1. The minimum atomic E-state index is 0.0196. The summed E-state index contributed by atoms with van der Waals surface area (Å²) in [5.41, 5.74) is 1.03. The summed E-state index contributed by atoms with van der Waals surface area (Å²) < 4.78 is 5.80. The molecule has 1 heterocycles. The zero-order valence-electron chi connectivity index (χ0n) is 12.9. The van der Waals surface area contributed by atoms with Gasteiger partial charge in [0.25, 0.3) is 0 Å². The van der Waals surface area contributed by atoms with E-state index in [1.54, 1.807) is 0 Å². The number of hydrogen-bond acceptors (Lipinski definition) is 5. The van der Waals surface area contributed by atoms with Gasteiger partial charge in [-0.25, -0.2) is 0 Å². The summed E-state index contributed by atoms with van der Waals surface area (Å²) in [5.74, 6) is 1.74. The zero-order valence-corrected chi connectivity index (χ0v) is 14.4. The first-order chi connectivity index (χ1) is 12.2. The highest BCUT2D eigenvalue weighted by molar-refractivity contribution is 6.35. The lowest BCUT2D eigenvalue weighted by molar-refractivity contribution is 0.482. The van der Waals surface area contributed by atoms with E-state index in [0.717, 1.165) is 17.1 Å². The average molecular weight is 371 g/mol. The third kappa shape index (κ3) is 4.38. The van der Waals surface area contributed by atoms with E-state index in [9.17, 15) is 0 Å². The average Bonchev–Trinajstić information content (AvgIpc) is 2.61. The molecule has 0 aliphatic carbocycles. The normalized spacial score (nSPS) is 10.1. The summed E-state index contributed by atoms with van der Waals surface area (Å²) in [6.45, 7) is 0.449. The topological polar surface area (TPSA) is 70.8 Å². The third-order valence-electron chi connectivity index (χ3n) is 3.26. The van der Waals surface area contributed by atoms with Gasteiger partial charge >= 0.3 is 0 Å². The number of nitrogens with one attached hydrogen (secondary N) is 1. The summed E-state index contributed by atoms with van der Waals surface area (Å²) >= 11 is 11.8. The molecule has 1 aromatic heterocycles. The van der Waals surface area contributed by atoms with Crippen LogP contribution in [0.4, 0.5) is 5.95 Å². The molecule has 25 heavy (non-hydrogen) atoms. The Morgan fingerprint density at radius 3 is 2.32 bits per heavy atom. The summed E-state index contributed by atoms with van der Waals surface area (Å²) in [7, 11) is 0. The van der Waals surface area contributed by atoms with Gasteiger partial charge in [0.1, 0.15) is 23.1 Å². The van der Waals surface area contributed by atoms with Gasteiger partial charge in [-0.3, -0.25) is 0 Å². The van der Waals surface area contributed by atoms with Gasteiger partial charge in [0.15, 0.2) is 10.3 Å². The first-order valence-electron chi connectivity index (χ1n) is 7.34. The number of rotatable bonds is 5. The fourth-order valence-electron chi connectivity index (χ4n) is 2.10. The molecule has 3 aromatic rings. The molecule has 0 aliphatic rings. The number of para-hydroxylation sites is 1. The smallest absolute Gasteiger partial charge is 0.225 e. The lowest BCUT2D eigenvalue weighted by Gasteiger charge is -2.09. The van der Waals surface area contributed by atoms with Gasteiger partial charge in [0.2, 0.25) is 5.95 Å². The predicted molar refractivity (Wildman–Crippen MR) is 97.1 cm³/mol. The van der Waals surface area contributed by atoms with Crippen molar-refractivity contribution in [1.82, 2.24) is 9.97 Å². The van der Waals surface area contributed by atoms with Crippen molar-refractivity contribution in [3.63, 3.8) is 0 Å². The maximum atomic E-state index is 8.92. The van der Waals surface area contributed by atoms with Gasteiger partial charge in [-0.1, -0.05) is 53.5 Å². The van der Waals surface area contributed by atoms with E-state index in [4.69, 9.17) is 33.2 Å². The third-order valence-corrected chi connectivity index (χ3v) is 3.81. The largest absolute Gasteiger partial charge is 0.457 e. The van der Waals surface area contributed by atoms with Crippen LogP contribution < -0.4 is 10.1 Å². The van der Waals surface area contributed by atoms with Crippen LogP contribution >= 0.6 is 23.2 Å². The Labute approximate surface area is 154 Å². The van der Waals surface area contributed by atoms with Crippen LogP contribution in [0.3, 0.4) is 0 Å². The minimum Gasteiger partial charge on any atom is -0.457 e. The fraction of sp³-hybridized carbons (Fsp3) is 0.0556. The van der Waals surface area contributed by atoms with Gasteiger partial charge in [-0.15, -0.1) is 0 Å². The lowest BCUT2D eigenvalue weighted by Crippen LogP contribution is -2.05. The standard InChI is InChI=1S/C18H12Cl2N4O/c19-16-15(10-21)17(20)24-18(23-16)22-11-12-5-4-8-14(9-12)25-13-6-2-1-3-7-13/h1-9H,11H2,(H,22,23,24). The van der Waals surface area contributed by atoms with Gasteiger partial charge in [0, 0.05) is 6.54 Å². The van der Waals surface area contributed by atoms with Crippen LogP contribution in [0, 0.1) is 11.3 Å². The molecule has 0 spiro atoms. The van der Waals surface area contributed by atoms with E-state index in [0.29, 0.717) is 6.54 Å². The van der Waals surface area contributed by atoms with Crippen LogP contribution in [-0.2, 0) is 6.54 Å². The Balaban J connectivity index is 1.70. The molecule has 2 aromatic carbocycles. The molecule has 0 radical (unpaired) electrons. The van der Waals surface area contributed by atoms with Gasteiger partial charge in [-0.2, -0.15) is 15.2 Å². The highest BCUT2D eigenvalue weighted by Crippen LogP contribution is 2.24. The second kappa shape index (κ2) is 7.84. The van der Waals surface area contributed by atoms with E-state index < -0.39 is 0 Å². The highest BCUT2D eigenvalue weighted by atomic mass is 35.5. The summed E-state index contributed by atoms with van der Waals surface area (Å²) in [6.07, 6.45) is 0. The van der Waals surface area contributed by atoms with Crippen molar-refractivity contribution in [2.24, 2.45) is 0 Å². The van der Waals surface area contributed by atoms with Crippen molar-refractivity contribution in [3.05, 3.63) is 76.0 Å². The molecule has 0 aliphatic heterocycles. The van der Waals surface area contributed by atoms with E-state index in [-0.39, 0.29) is 21.8 Å². The van der Waals surface area contributed by atoms with E-state index in [1.165, 1.54) is 0 Å². The molecule has 0 saturated heterocycles. The molecule has 0 saturated carbocycles. The number of nitrogens with zero attached hydrogens (tertiary/aromatic N) is 3. The highest BCUT2D eigenvalue weighted by Gasteiger charge is 2.11. The van der Waals surface area contributed by atoms with Crippen molar-refractivity contribution >= 4 is 29.2 Å². The zero-order chi connectivity index (χ0) is 17.6. The molecule has 5 nitrogen and oxygen atoms in total. The number of ether oxygens (including phenoxy) is 1. The molecular formula is C18H12Cl2N4O. The summed E-state index contributed by atoms with van der Waals surface area (Å²) in [4.78, 5) is 8.03. The number of aromatic nitrogens is 2. The molecule has 3 rings (SSSR count). The minimum absolute atomic E-state index is 0.0196. The molecular weight excluding hydrogens is 359 g/mol. The van der Waals surface area contributed by atoms with Crippen LogP contribution in [0.2, 0.25) is 10.3 Å². The van der Waals surface area contributed by atoms with Crippen molar-refractivity contribution in [2.45, 2.75) is 6.54 Å². The van der Waals surface area contributed by atoms with Crippen LogP contribution in [0.5, 0.6) is 11.5 Å². The number of anilines is 1. The first-order valence-corrected chi connectivity index (χ1v) is 8.10. The molecule has 0 atom stereocenters. The van der Waals surface area contributed by atoms with Crippen LogP contribution in [0.15, 0.2) is 54.6 Å². The second-order valence-electron chi connectivity index (χ2n) is 5.03. The van der Waals surface area contributed by atoms with Crippen molar-refractivity contribution in [1.29, 1.82) is 5.26 Å². The van der Waals surface area contributed by atoms with Gasteiger partial charge in [0.05, 0.1) is 0 Å². The van der Waals surface area contributed by atoms with Gasteiger partial charge in [-0.05, 0) is 29.8 Å². The van der Waals surface area contributed by atoms with E-state index >= 15 is 0 Å². The molecule has 0 amide bonds. The fourth-order valence-corrected chi connectivity index (χ4v) is 2.58. The molecule has 7 heteroatoms. The monoisotopic (exact) mass is 370 g/mol. The molecule has 1 N–H and O–H groups in total. The second-order valence-corrected chi connectivity index (χ2v) is 5.75. The number of halogens is 2. The van der Waals surface area contributed by atoms with Crippen LogP contribution in [0.25, 0.3) is 0 Å². The first kappa shape index (κ1) is 17.0. The predicted octanol–water partition coefficient (Wildman–Crippen LogP) is 5.06. The summed E-state index contributed by atoms with van der Waals surface area (Å²) in [5, 5.41) is 12.0. The van der Waals surface area contributed by atoms with Crippen LogP contribution in [0.1, 0.15) is 11.1 Å².